The number of sulfone groups is 1. The van der Waals surface area contributed by atoms with Crippen LogP contribution in [0, 0.1) is 11.6 Å². The molecule has 0 aliphatic heterocycles. The molecule has 6 heteroatoms. The first-order chi connectivity index (χ1) is 8.47. The zero-order chi connectivity index (χ0) is 13.6. The molecule has 1 N–H and O–H groups in total. The van der Waals surface area contributed by atoms with Gasteiger partial charge in [-0.15, -0.1) is 0 Å². The van der Waals surface area contributed by atoms with Crippen LogP contribution in [0.5, 0.6) is 0 Å². The Morgan fingerprint density at radius 2 is 1.94 bits per heavy atom. The highest BCUT2D eigenvalue weighted by atomic mass is 32.2. The molecular formula is C12H17F2NO2S. The van der Waals surface area contributed by atoms with E-state index in [2.05, 4.69) is 5.32 Å². The maximum Gasteiger partial charge on any atom is 0.181 e. The van der Waals surface area contributed by atoms with Crippen LogP contribution in [0.2, 0.25) is 0 Å². The van der Waals surface area contributed by atoms with Gasteiger partial charge in [0, 0.05) is 0 Å². The van der Waals surface area contributed by atoms with Crippen LogP contribution >= 0.6 is 0 Å². The molecule has 0 radical (unpaired) electrons. The van der Waals surface area contributed by atoms with E-state index >= 15 is 0 Å². The number of rotatable bonds is 7. The molecule has 0 saturated heterocycles. The number of hydrogen-bond acceptors (Lipinski definition) is 3. The smallest absolute Gasteiger partial charge is 0.181 e. The largest absolute Gasteiger partial charge is 0.317 e. The zero-order valence-corrected chi connectivity index (χ0v) is 11.1. The van der Waals surface area contributed by atoms with E-state index in [1.54, 1.807) is 0 Å². The van der Waals surface area contributed by atoms with Gasteiger partial charge in [-0.05, 0) is 44.1 Å². The second-order valence-electron chi connectivity index (χ2n) is 4.00. The van der Waals surface area contributed by atoms with Crippen LogP contribution in [0.3, 0.4) is 0 Å². The quantitative estimate of drug-likeness (QED) is 0.777. The van der Waals surface area contributed by atoms with Crippen LogP contribution in [0.1, 0.15) is 19.8 Å². The van der Waals surface area contributed by atoms with Crippen LogP contribution in [0.4, 0.5) is 8.78 Å². The monoisotopic (exact) mass is 277 g/mol. The molecule has 102 valence electrons. The van der Waals surface area contributed by atoms with E-state index in [9.17, 15) is 17.2 Å². The molecule has 0 aliphatic rings. The minimum atomic E-state index is -3.76. The van der Waals surface area contributed by atoms with Gasteiger partial charge in [0.2, 0.25) is 0 Å². The highest BCUT2D eigenvalue weighted by molar-refractivity contribution is 7.91. The van der Waals surface area contributed by atoms with Crippen molar-refractivity contribution in [1.29, 1.82) is 0 Å². The third-order valence-electron chi connectivity index (χ3n) is 2.42. The molecule has 18 heavy (non-hydrogen) atoms. The van der Waals surface area contributed by atoms with Gasteiger partial charge in [-0.1, -0.05) is 6.92 Å². The summed E-state index contributed by atoms with van der Waals surface area (Å²) >= 11 is 0. The summed E-state index contributed by atoms with van der Waals surface area (Å²) < 4.78 is 49.9. The lowest BCUT2D eigenvalue weighted by Gasteiger charge is -2.06. The lowest BCUT2D eigenvalue weighted by molar-refractivity contribution is 0.550. The Morgan fingerprint density at radius 3 is 2.61 bits per heavy atom. The topological polar surface area (TPSA) is 46.2 Å². The summed E-state index contributed by atoms with van der Waals surface area (Å²) in [5.74, 6) is -1.85. The Morgan fingerprint density at radius 1 is 1.22 bits per heavy atom. The lowest BCUT2D eigenvalue weighted by Crippen LogP contribution is -2.19. The van der Waals surface area contributed by atoms with Crippen LogP contribution < -0.4 is 5.32 Å². The van der Waals surface area contributed by atoms with Crippen molar-refractivity contribution in [3.63, 3.8) is 0 Å². The molecule has 0 spiro atoms. The van der Waals surface area contributed by atoms with E-state index in [0.29, 0.717) is 13.0 Å². The summed E-state index contributed by atoms with van der Waals surface area (Å²) in [6.07, 6.45) is 1.34. The first-order valence-corrected chi connectivity index (χ1v) is 7.51. The van der Waals surface area contributed by atoms with Crippen molar-refractivity contribution in [1.82, 2.24) is 5.32 Å². The summed E-state index contributed by atoms with van der Waals surface area (Å²) in [5, 5.41) is 3.05. The van der Waals surface area contributed by atoms with Crippen molar-refractivity contribution >= 4 is 9.84 Å². The first kappa shape index (κ1) is 15.0. The molecule has 0 aromatic heterocycles. The van der Waals surface area contributed by atoms with Crippen LogP contribution in [-0.4, -0.2) is 27.3 Å². The van der Waals surface area contributed by atoms with Crippen molar-refractivity contribution in [2.24, 2.45) is 0 Å². The van der Waals surface area contributed by atoms with Crippen LogP contribution in [-0.2, 0) is 9.84 Å². The van der Waals surface area contributed by atoms with E-state index < -0.39 is 26.4 Å². The summed E-state index contributed by atoms with van der Waals surface area (Å²) in [4.78, 5) is -0.557. The SMILES string of the molecule is CCCNCCCS(=O)(=O)c1cc(F)ccc1F. The van der Waals surface area contributed by atoms with Crippen molar-refractivity contribution in [3.05, 3.63) is 29.8 Å². The zero-order valence-electron chi connectivity index (χ0n) is 10.2. The summed E-state index contributed by atoms with van der Waals surface area (Å²) in [6, 6.07) is 2.46. The molecule has 0 atom stereocenters. The van der Waals surface area contributed by atoms with Gasteiger partial charge in [-0.2, -0.15) is 0 Å². The van der Waals surface area contributed by atoms with E-state index in [1.807, 2.05) is 6.92 Å². The predicted octanol–water partition coefficient (Wildman–Crippen LogP) is 2.13. The molecule has 0 amide bonds. The molecule has 0 unspecified atom stereocenters. The van der Waals surface area contributed by atoms with Crippen LogP contribution in [0.15, 0.2) is 23.1 Å². The number of hydrogen-bond donors (Lipinski definition) is 1. The van der Waals surface area contributed by atoms with Crippen molar-refractivity contribution in [2.45, 2.75) is 24.7 Å². The molecule has 0 heterocycles. The fourth-order valence-electron chi connectivity index (χ4n) is 1.51. The average molecular weight is 277 g/mol. The maximum atomic E-state index is 13.3. The molecule has 1 rings (SSSR count). The Bertz CT molecular complexity index is 489. The molecule has 0 saturated carbocycles. The van der Waals surface area contributed by atoms with Gasteiger partial charge >= 0.3 is 0 Å². The van der Waals surface area contributed by atoms with Crippen molar-refractivity contribution < 1.29 is 17.2 Å². The Balaban J connectivity index is 2.66. The van der Waals surface area contributed by atoms with E-state index in [0.717, 1.165) is 31.2 Å². The second-order valence-corrected chi connectivity index (χ2v) is 6.07. The van der Waals surface area contributed by atoms with Gasteiger partial charge in [0.15, 0.2) is 9.84 Å². The Kier molecular flexibility index (Phi) is 5.68. The van der Waals surface area contributed by atoms with E-state index in [-0.39, 0.29) is 5.75 Å². The van der Waals surface area contributed by atoms with E-state index in [1.165, 1.54) is 0 Å². The Hall–Kier alpha value is -1.01. The second kappa shape index (κ2) is 6.80. The van der Waals surface area contributed by atoms with Crippen molar-refractivity contribution in [2.75, 3.05) is 18.8 Å². The lowest BCUT2D eigenvalue weighted by atomic mass is 10.3. The molecule has 1 aromatic carbocycles. The predicted molar refractivity (Wildman–Crippen MR) is 66.2 cm³/mol. The summed E-state index contributed by atoms with van der Waals surface area (Å²) in [5.41, 5.74) is 0. The van der Waals surface area contributed by atoms with Gasteiger partial charge in [-0.25, -0.2) is 17.2 Å². The number of nitrogens with one attached hydrogen (secondary N) is 1. The van der Waals surface area contributed by atoms with E-state index in [4.69, 9.17) is 0 Å². The fraction of sp³-hybridized carbons (Fsp3) is 0.500. The molecule has 0 bridgehead atoms. The molecule has 1 aromatic rings. The maximum absolute atomic E-state index is 13.3. The van der Waals surface area contributed by atoms with Crippen LogP contribution in [0.25, 0.3) is 0 Å². The van der Waals surface area contributed by atoms with Gasteiger partial charge in [0.05, 0.1) is 5.75 Å². The molecule has 0 fully saturated rings. The highest BCUT2D eigenvalue weighted by Gasteiger charge is 2.19. The normalized spacial score (nSPS) is 11.7. The molecular weight excluding hydrogens is 260 g/mol. The third-order valence-corrected chi connectivity index (χ3v) is 4.23. The van der Waals surface area contributed by atoms with Crippen molar-refractivity contribution in [3.8, 4) is 0 Å². The van der Waals surface area contributed by atoms with Gasteiger partial charge in [0.1, 0.15) is 16.5 Å². The third kappa shape index (κ3) is 4.34. The standard InChI is InChI=1S/C12H17F2NO2S/c1-2-6-15-7-3-8-18(16,17)12-9-10(13)4-5-11(12)14/h4-5,9,15H,2-3,6-8H2,1H3. The molecule has 3 nitrogen and oxygen atoms in total. The number of benzene rings is 1. The summed E-state index contributed by atoms with van der Waals surface area (Å²) in [7, 11) is -3.76. The van der Waals surface area contributed by atoms with Gasteiger partial charge < -0.3 is 5.32 Å². The minimum absolute atomic E-state index is 0.190. The molecule has 0 aliphatic carbocycles. The Labute approximate surface area is 106 Å². The minimum Gasteiger partial charge on any atom is -0.317 e. The van der Waals surface area contributed by atoms with Gasteiger partial charge in [-0.3, -0.25) is 0 Å². The fourth-order valence-corrected chi connectivity index (χ4v) is 2.92. The van der Waals surface area contributed by atoms with Gasteiger partial charge in [0.25, 0.3) is 0 Å². The summed E-state index contributed by atoms with van der Waals surface area (Å²) in [6.45, 7) is 3.37. The average Bonchev–Trinajstić information content (AvgIpc) is 2.32. The number of halogens is 2. The first-order valence-electron chi connectivity index (χ1n) is 5.86. The highest BCUT2D eigenvalue weighted by Crippen LogP contribution is 2.17.